The molecule has 1 aliphatic rings. The van der Waals surface area contributed by atoms with Crippen LogP contribution in [-0.2, 0) is 16.4 Å². The fourth-order valence-electron chi connectivity index (χ4n) is 1.93. The van der Waals surface area contributed by atoms with E-state index in [2.05, 4.69) is 17.0 Å². The highest BCUT2D eigenvalue weighted by atomic mass is 32.2. The molecule has 4 heteroatoms. The van der Waals surface area contributed by atoms with Crippen molar-refractivity contribution in [2.24, 2.45) is 0 Å². The van der Waals surface area contributed by atoms with E-state index in [1.54, 1.807) is 0 Å². The number of benzene rings is 1. The lowest BCUT2D eigenvalue weighted by Gasteiger charge is -2.21. The van der Waals surface area contributed by atoms with Crippen molar-refractivity contribution in [2.45, 2.75) is 25.4 Å². The Hall–Kier alpha value is -0.870. The van der Waals surface area contributed by atoms with Crippen LogP contribution in [0, 0.1) is 0 Å². The Labute approximate surface area is 103 Å². The molecular weight excluding hydrogens is 234 g/mol. The van der Waals surface area contributed by atoms with Crippen LogP contribution in [0.15, 0.2) is 30.3 Å². The van der Waals surface area contributed by atoms with Gasteiger partial charge in [-0.15, -0.1) is 0 Å². The van der Waals surface area contributed by atoms with Crippen LogP contribution in [0.4, 0.5) is 0 Å². The summed E-state index contributed by atoms with van der Waals surface area (Å²) in [6.07, 6.45) is 3.72. The third-order valence-corrected chi connectivity index (χ3v) is 3.97. The third kappa shape index (κ3) is 4.48. The number of hydrogen-bond acceptors (Lipinski definition) is 3. The van der Waals surface area contributed by atoms with Crippen LogP contribution >= 0.6 is 0 Å². The predicted molar refractivity (Wildman–Crippen MR) is 69.6 cm³/mol. The first-order valence-electron chi connectivity index (χ1n) is 6.00. The van der Waals surface area contributed by atoms with Crippen molar-refractivity contribution in [3.8, 4) is 0 Å². The number of rotatable bonds is 6. The van der Waals surface area contributed by atoms with Crippen molar-refractivity contribution in [2.75, 3.05) is 18.6 Å². The molecule has 94 valence electrons. The van der Waals surface area contributed by atoms with Crippen LogP contribution in [-0.4, -0.2) is 37.9 Å². The highest BCUT2D eigenvalue weighted by Crippen LogP contribution is 2.28. The molecule has 0 atom stereocenters. The molecular formula is C13H19NO2S. The molecule has 0 saturated heterocycles. The summed E-state index contributed by atoms with van der Waals surface area (Å²) >= 11 is 0. The van der Waals surface area contributed by atoms with E-state index in [1.165, 1.54) is 24.7 Å². The fourth-order valence-corrected chi connectivity index (χ4v) is 2.50. The van der Waals surface area contributed by atoms with E-state index in [-0.39, 0.29) is 5.75 Å². The summed E-state index contributed by atoms with van der Waals surface area (Å²) in [6, 6.07) is 10.8. The molecule has 0 aromatic heterocycles. The Bertz CT molecular complexity index is 452. The maximum absolute atomic E-state index is 11.2. The third-order valence-electron chi connectivity index (χ3n) is 3.04. The molecule has 1 aromatic carbocycles. The summed E-state index contributed by atoms with van der Waals surface area (Å²) in [4.78, 5) is 2.29. The molecule has 0 N–H and O–H groups in total. The maximum atomic E-state index is 11.2. The molecule has 1 saturated carbocycles. The van der Waals surface area contributed by atoms with Gasteiger partial charge in [0, 0.05) is 25.4 Å². The van der Waals surface area contributed by atoms with Crippen molar-refractivity contribution in [3.05, 3.63) is 35.9 Å². The molecule has 17 heavy (non-hydrogen) atoms. The van der Waals surface area contributed by atoms with Crippen LogP contribution in [0.5, 0.6) is 0 Å². The van der Waals surface area contributed by atoms with Gasteiger partial charge < -0.3 is 0 Å². The lowest BCUT2D eigenvalue weighted by molar-refractivity contribution is 0.270. The summed E-state index contributed by atoms with van der Waals surface area (Å²) in [5.41, 5.74) is 1.26. The molecule has 0 unspecified atom stereocenters. The fraction of sp³-hybridized carbons (Fsp3) is 0.538. The first-order valence-corrected chi connectivity index (χ1v) is 8.06. The Kier molecular flexibility index (Phi) is 3.84. The van der Waals surface area contributed by atoms with E-state index in [1.807, 2.05) is 18.2 Å². The van der Waals surface area contributed by atoms with Gasteiger partial charge in [-0.1, -0.05) is 30.3 Å². The van der Waals surface area contributed by atoms with Gasteiger partial charge in [-0.05, 0) is 18.4 Å². The second kappa shape index (κ2) is 5.19. The summed E-state index contributed by atoms with van der Waals surface area (Å²) < 4.78 is 22.4. The zero-order chi connectivity index (χ0) is 12.3. The van der Waals surface area contributed by atoms with Gasteiger partial charge in [0.2, 0.25) is 0 Å². The summed E-state index contributed by atoms with van der Waals surface area (Å²) in [6.45, 7) is 1.51. The van der Waals surface area contributed by atoms with Crippen LogP contribution in [0.25, 0.3) is 0 Å². The van der Waals surface area contributed by atoms with E-state index in [0.717, 1.165) is 6.54 Å². The highest BCUT2D eigenvalue weighted by molar-refractivity contribution is 7.90. The monoisotopic (exact) mass is 253 g/mol. The molecule has 0 heterocycles. The molecule has 0 aliphatic heterocycles. The van der Waals surface area contributed by atoms with Gasteiger partial charge in [0.1, 0.15) is 9.84 Å². The first-order chi connectivity index (χ1) is 8.04. The normalized spacial score (nSPS) is 16.4. The Morgan fingerprint density at radius 1 is 1.24 bits per heavy atom. The molecule has 0 amide bonds. The molecule has 0 radical (unpaired) electrons. The van der Waals surface area contributed by atoms with Crippen molar-refractivity contribution in [1.29, 1.82) is 0 Å². The number of sulfone groups is 1. The smallest absolute Gasteiger partial charge is 0.148 e. The van der Waals surface area contributed by atoms with Crippen LogP contribution in [0.2, 0.25) is 0 Å². The van der Waals surface area contributed by atoms with Crippen LogP contribution < -0.4 is 0 Å². The molecule has 0 bridgehead atoms. The Morgan fingerprint density at radius 2 is 1.88 bits per heavy atom. The Morgan fingerprint density at radius 3 is 2.41 bits per heavy atom. The van der Waals surface area contributed by atoms with Crippen LogP contribution in [0.3, 0.4) is 0 Å². The van der Waals surface area contributed by atoms with Crippen molar-refractivity contribution in [1.82, 2.24) is 4.90 Å². The first kappa shape index (κ1) is 12.6. The molecule has 3 nitrogen and oxygen atoms in total. The van der Waals surface area contributed by atoms with E-state index in [4.69, 9.17) is 0 Å². The number of nitrogens with zero attached hydrogens (tertiary/aromatic N) is 1. The van der Waals surface area contributed by atoms with E-state index >= 15 is 0 Å². The zero-order valence-electron chi connectivity index (χ0n) is 10.2. The molecule has 1 fully saturated rings. The predicted octanol–water partition coefficient (Wildman–Crippen LogP) is 1.70. The topological polar surface area (TPSA) is 37.4 Å². The lowest BCUT2D eigenvalue weighted by Crippen LogP contribution is -2.30. The maximum Gasteiger partial charge on any atom is 0.148 e. The Balaban J connectivity index is 1.94. The zero-order valence-corrected chi connectivity index (χ0v) is 11.0. The van der Waals surface area contributed by atoms with Crippen LogP contribution in [0.1, 0.15) is 18.4 Å². The average Bonchev–Trinajstić information content (AvgIpc) is 3.08. The lowest BCUT2D eigenvalue weighted by atomic mass is 10.2. The van der Waals surface area contributed by atoms with Crippen molar-refractivity contribution >= 4 is 9.84 Å². The van der Waals surface area contributed by atoms with Crippen molar-refractivity contribution in [3.63, 3.8) is 0 Å². The minimum Gasteiger partial charge on any atom is -0.295 e. The summed E-state index contributed by atoms with van der Waals surface area (Å²) in [5.74, 6) is 0.260. The van der Waals surface area contributed by atoms with Gasteiger partial charge >= 0.3 is 0 Å². The van der Waals surface area contributed by atoms with Gasteiger partial charge in [0.15, 0.2) is 0 Å². The second-order valence-corrected chi connectivity index (χ2v) is 7.08. The van der Waals surface area contributed by atoms with Gasteiger partial charge in [-0.2, -0.15) is 0 Å². The van der Waals surface area contributed by atoms with Crippen molar-refractivity contribution < 1.29 is 8.42 Å². The molecule has 0 spiro atoms. The minimum atomic E-state index is -2.86. The van der Waals surface area contributed by atoms with Gasteiger partial charge in [-0.3, -0.25) is 4.90 Å². The average molecular weight is 253 g/mol. The largest absolute Gasteiger partial charge is 0.295 e. The summed E-state index contributed by atoms with van der Waals surface area (Å²) in [5, 5.41) is 0. The van der Waals surface area contributed by atoms with Gasteiger partial charge in [-0.25, -0.2) is 8.42 Å². The quantitative estimate of drug-likeness (QED) is 0.774. The van der Waals surface area contributed by atoms with E-state index in [0.29, 0.717) is 12.6 Å². The highest BCUT2D eigenvalue weighted by Gasteiger charge is 2.29. The standard InChI is InChI=1S/C13H19NO2S/c1-17(15,16)10-9-14(13-7-8-13)11-12-5-3-2-4-6-12/h2-6,13H,7-11H2,1H3. The van der Waals surface area contributed by atoms with E-state index in [9.17, 15) is 8.42 Å². The SMILES string of the molecule is CS(=O)(=O)CCN(Cc1ccccc1)C1CC1. The number of hydrogen-bond donors (Lipinski definition) is 0. The van der Waals surface area contributed by atoms with E-state index < -0.39 is 9.84 Å². The molecule has 2 rings (SSSR count). The summed E-state index contributed by atoms with van der Waals surface area (Å²) in [7, 11) is -2.86. The molecule has 1 aliphatic carbocycles. The minimum absolute atomic E-state index is 0.260. The van der Waals surface area contributed by atoms with Gasteiger partial charge in [0.25, 0.3) is 0 Å². The molecule has 1 aromatic rings. The van der Waals surface area contributed by atoms with Gasteiger partial charge in [0.05, 0.1) is 5.75 Å². The second-order valence-electron chi connectivity index (χ2n) is 4.82.